The van der Waals surface area contributed by atoms with Crippen LogP contribution in [0.4, 0.5) is 4.39 Å². The van der Waals surface area contributed by atoms with Crippen molar-refractivity contribution in [3.8, 4) is 0 Å². The van der Waals surface area contributed by atoms with Gasteiger partial charge in [-0.15, -0.1) is 0 Å². The first-order valence-corrected chi connectivity index (χ1v) is 10.2. The topological polar surface area (TPSA) is 65.5 Å². The van der Waals surface area contributed by atoms with Crippen LogP contribution in [0.5, 0.6) is 0 Å². The van der Waals surface area contributed by atoms with Crippen LogP contribution < -0.4 is 16.0 Å². The molecule has 0 saturated carbocycles. The number of nitrogens with one attached hydrogen (secondary N) is 3. The van der Waals surface area contributed by atoms with Gasteiger partial charge >= 0.3 is 0 Å². The Bertz CT molecular complexity index is 617. The molecule has 0 aromatic heterocycles. The van der Waals surface area contributed by atoms with Gasteiger partial charge in [0.25, 0.3) is 0 Å². The number of amides is 1. The molecule has 1 amide bonds. The number of carbonyl (C=O) groups is 1. The molecule has 1 atom stereocenters. The SMILES string of the molecule is CCNC(=NCC1(C)CCCS1)NCCNC(=O)Cc1cccc(F)c1. The fourth-order valence-corrected chi connectivity index (χ4v) is 4.05. The quantitative estimate of drug-likeness (QED) is 0.368. The number of carbonyl (C=O) groups excluding carboxylic acids is 1. The lowest BCUT2D eigenvalue weighted by Crippen LogP contribution is -2.42. The highest BCUT2D eigenvalue weighted by molar-refractivity contribution is 8.00. The number of nitrogens with zero attached hydrogens (tertiary/aromatic N) is 1. The molecule has 0 aliphatic carbocycles. The maximum Gasteiger partial charge on any atom is 0.224 e. The highest BCUT2D eigenvalue weighted by Gasteiger charge is 2.29. The highest BCUT2D eigenvalue weighted by atomic mass is 32.2. The van der Waals surface area contributed by atoms with Gasteiger partial charge in [-0.3, -0.25) is 9.79 Å². The van der Waals surface area contributed by atoms with Gasteiger partial charge in [0.1, 0.15) is 5.82 Å². The highest BCUT2D eigenvalue weighted by Crippen LogP contribution is 2.37. The summed E-state index contributed by atoms with van der Waals surface area (Å²) in [6.45, 7) is 6.96. The standard InChI is InChI=1S/C19H29FN4OS/c1-3-21-18(24-14-19(2)8-5-11-26-19)23-10-9-22-17(25)13-15-6-4-7-16(20)12-15/h4,6-7,12H,3,5,8-11,13-14H2,1-2H3,(H,22,25)(H2,21,23,24). The number of hydrogen-bond donors (Lipinski definition) is 3. The minimum atomic E-state index is -0.322. The largest absolute Gasteiger partial charge is 0.357 e. The van der Waals surface area contributed by atoms with Crippen LogP contribution in [0.25, 0.3) is 0 Å². The van der Waals surface area contributed by atoms with E-state index < -0.39 is 0 Å². The van der Waals surface area contributed by atoms with Crippen LogP contribution >= 0.6 is 11.8 Å². The summed E-state index contributed by atoms with van der Waals surface area (Å²) in [5.74, 6) is 1.56. The van der Waals surface area contributed by atoms with E-state index in [1.54, 1.807) is 12.1 Å². The van der Waals surface area contributed by atoms with Crippen LogP contribution in [0.15, 0.2) is 29.3 Å². The maximum atomic E-state index is 13.1. The fourth-order valence-electron chi connectivity index (χ4n) is 2.83. The van der Waals surface area contributed by atoms with E-state index in [1.165, 1.54) is 30.7 Å². The second-order valence-electron chi connectivity index (χ2n) is 6.68. The molecule has 7 heteroatoms. The number of aliphatic imine (C=N–C) groups is 1. The van der Waals surface area contributed by atoms with Crippen molar-refractivity contribution in [1.29, 1.82) is 0 Å². The summed E-state index contributed by atoms with van der Waals surface area (Å²) in [5.41, 5.74) is 0.674. The summed E-state index contributed by atoms with van der Waals surface area (Å²) in [5, 5.41) is 9.32. The van der Waals surface area contributed by atoms with Gasteiger partial charge in [0, 0.05) is 24.4 Å². The maximum absolute atomic E-state index is 13.1. The number of guanidine groups is 1. The number of halogens is 1. The minimum Gasteiger partial charge on any atom is -0.357 e. The summed E-state index contributed by atoms with van der Waals surface area (Å²) in [7, 11) is 0. The van der Waals surface area contributed by atoms with Crippen molar-refractivity contribution in [1.82, 2.24) is 16.0 Å². The molecule has 144 valence electrons. The first-order chi connectivity index (χ1) is 12.5. The summed E-state index contributed by atoms with van der Waals surface area (Å²) >= 11 is 1.99. The van der Waals surface area contributed by atoms with E-state index in [0.29, 0.717) is 18.7 Å². The van der Waals surface area contributed by atoms with Crippen molar-refractivity contribution in [2.24, 2.45) is 4.99 Å². The molecule has 0 spiro atoms. The van der Waals surface area contributed by atoms with Gasteiger partial charge < -0.3 is 16.0 Å². The molecule has 2 rings (SSSR count). The number of rotatable bonds is 8. The van der Waals surface area contributed by atoms with Crippen LogP contribution in [0.2, 0.25) is 0 Å². The van der Waals surface area contributed by atoms with Gasteiger partial charge in [-0.05, 0) is 50.1 Å². The van der Waals surface area contributed by atoms with E-state index in [0.717, 1.165) is 19.0 Å². The third kappa shape index (κ3) is 7.23. The summed E-state index contributed by atoms with van der Waals surface area (Å²) in [4.78, 5) is 16.6. The summed E-state index contributed by atoms with van der Waals surface area (Å²) in [6.07, 6.45) is 2.65. The smallest absolute Gasteiger partial charge is 0.224 e. The Morgan fingerprint density at radius 1 is 1.31 bits per heavy atom. The Morgan fingerprint density at radius 2 is 2.12 bits per heavy atom. The molecular formula is C19H29FN4OS. The predicted octanol–water partition coefficient (Wildman–Crippen LogP) is 2.33. The molecule has 0 radical (unpaired) electrons. The number of benzene rings is 1. The van der Waals surface area contributed by atoms with Crippen molar-refractivity contribution in [2.75, 3.05) is 31.9 Å². The fraction of sp³-hybridized carbons (Fsp3) is 0.579. The molecule has 1 fully saturated rings. The Hall–Kier alpha value is -1.76. The molecule has 1 aliphatic rings. The Kier molecular flexibility index (Phi) is 8.22. The summed E-state index contributed by atoms with van der Waals surface area (Å²) < 4.78 is 13.4. The second-order valence-corrected chi connectivity index (χ2v) is 8.36. The van der Waals surface area contributed by atoms with E-state index in [2.05, 4.69) is 27.9 Å². The zero-order chi connectivity index (χ0) is 18.8. The monoisotopic (exact) mass is 380 g/mol. The normalized spacial score (nSPS) is 20.0. The van der Waals surface area contributed by atoms with Gasteiger partial charge in [0.05, 0.1) is 13.0 Å². The predicted molar refractivity (Wildman–Crippen MR) is 107 cm³/mol. The first-order valence-electron chi connectivity index (χ1n) is 9.18. The average Bonchev–Trinajstić information content (AvgIpc) is 3.03. The van der Waals surface area contributed by atoms with Crippen LogP contribution in [-0.2, 0) is 11.2 Å². The van der Waals surface area contributed by atoms with Crippen molar-refractivity contribution in [3.63, 3.8) is 0 Å². The van der Waals surface area contributed by atoms with Crippen molar-refractivity contribution in [2.45, 2.75) is 37.9 Å². The lowest BCUT2D eigenvalue weighted by Gasteiger charge is -2.21. The van der Waals surface area contributed by atoms with Gasteiger partial charge in [0.15, 0.2) is 5.96 Å². The molecule has 1 saturated heterocycles. The van der Waals surface area contributed by atoms with Crippen LogP contribution in [0.3, 0.4) is 0 Å². The van der Waals surface area contributed by atoms with E-state index in [4.69, 9.17) is 0 Å². The Morgan fingerprint density at radius 3 is 2.81 bits per heavy atom. The zero-order valence-corrected chi connectivity index (χ0v) is 16.4. The molecule has 5 nitrogen and oxygen atoms in total. The third-order valence-electron chi connectivity index (χ3n) is 4.21. The van der Waals surface area contributed by atoms with Crippen LogP contribution in [0.1, 0.15) is 32.3 Å². The van der Waals surface area contributed by atoms with E-state index in [1.807, 2.05) is 18.7 Å². The molecule has 1 unspecified atom stereocenters. The molecule has 1 aromatic carbocycles. The number of hydrogen-bond acceptors (Lipinski definition) is 3. The minimum absolute atomic E-state index is 0.116. The summed E-state index contributed by atoms with van der Waals surface area (Å²) in [6, 6.07) is 6.12. The van der Waals surface area contributed by atoms with E-state index in [-0.39, 0.29) is 22.9 Å². The van der Waals surface area contributed by atoms with Crippen molar-refractivity contribution in [3.05, 3.63) is 35.6 Å². The lowest BCUT2D eigenvalue weighted by molar-refractivity contribution is -0.120. The average molecular weight is 381 g/mol. The van der Waals surface area contributed by atoms with Crippen LogP contribution in [0, 0.1) is 5.82 Å². The van der Waals surface area contributed by atoms with Crippen molar-refractivity contribution < 1.29 is 9.18 Å². The molecule has 1 heterocycles. The van der Waals surface area contributed by atoms with Gasteiger partial charge in [-0.2, -0.15) is 11.8 Å². The van der Waals surface area contributed by atoms with Crippen LogP contribution in [-0.4, -0.2) is 48.5 Å². The molecular weight excluding hydrogens is 351 g/mol. The Labute approximate surface area is 159 Å². The molecule has 3 N–H and O–H groups in total. The van der Waals surface area contributed by atoms with Gasteiger partial charge in [-0.25, -0.2) is 4.39 Å². The molecule has 1 aromatic rings. The third-order valence-corrected chi connectivity index (χ3v) is 5.73. The van der Waals surface area contributed by atoms with Gasteiger partial charge in [0.2, 0.25) is 5.91 Å². The molecule has 1 aliphatic heterocycles. The molecule has 26 heavy (non-hydrogen) atoms. The Balaban J connectivity index is 1.70. The van der Waals surface area contributed by atoms with E-state index in [9.17, 15) is 9.18 Å². The number of thioether (sulfide) groups is 1. The second kappa shape index (κ2) is 10.4. The lowest BCUT2D eigenvalue weighted by atomic mass is 10.1. The van der Waals surface area contributed by atoms with Crippen molar-refractivity contribution >= 4 is 23.6 Å². The first kappa shape index (κ1) is 20.6. The molecule has 0 bridgehead atoms. The zero-order valence-electron chi connectivity index (χ0n) is 15.6. The van der Waals surface area contributed by atoms with E-state index >= 15 is 0 Å². The van der Waals surface area contributed by atoms with Gasteiger partial charge in [-0.1, -0.05) is 12.1 Å².